The van der Waals surface area contributed by atoms with Crippen molar-refractivity contribution >= 4 is 16.1 Å². The Kier molecular flexibility index (Phi) is 4.57. The monoisotopic (exact) mass is 337 g/mol. The van der Waals surface area contributed by atoms with E-state index < -0.39 is 28.3 Å². The minimum atomic E-state index is -3.96. The van der Waals surface area contributed by atoms with Gasteiger partial charge in [-0.1, -0.05) is 50.6 Å². The summed E-state index contributed by atoms with van der Waals surface area (Å²) in [5.41, 5.74) is 0.572. The first kappa shape index (κ1) is 17.5. The Balaban J connectivity index is 2.51. The molecule has 6 heteroatoms. The molecule has 0 aromatic heterocycles. The summed E-state index contributed by atoms with van der Waals surface area (Å²) in [7, 11) is -3.96. The molecule has 1 aliphatic heterocycles. The molecular formula is C17H23NO4S. The van der Waals surface area contributed by atoms with Crippen LogP contribution in [0.2, 0.25) is 0 Å². The first-order valence-corrected chi connectivity index (χ1v) is 8.97. The summed E-state index contributed by atoms with van der Waals surface area (Å²) in [6, 6.07) is 5.78. The van der Waals surface area contributed by atoms with E-state index in [0.717, 1.165) is 9.87 Å². The molecule has 1 saturated heterocycles. The second kappa shape index (κ2) is 6.00. The summed E-state index contributed by atoms with van der Waals surface area (Å²) >= 11 is 0. The van der Waals surface area contributed by atoms with Gasteiger partial charge in [-0.25, -0.2) is 13.2 Å². The van der Waals surface area contributed by atoms with Crippen LogP contribution in [-0.4, -0.2) is 31.0 Å². The molecule has 1 aliphatic rings. The van der Waals surface area contributed by atoms with Crippen molar-refractivity contribution in [1.82, 2.24) is 4.31 Å². The Labute approximate surface area is 138 Å². The molecule has 2 atom stereocenters. The molecule has 0 aliphatic carbocycles. The van der Waals surface area contributed by atoms with Gasteiger partial charge in [-0.3, -0.25) is 0 Å². The number of sulfonamides is 1. The third-order valence-corrected chi connectivity index (χ3v) is 5.59. The minimum absolute atomic E-state index is 0.0871. The number of allylic oxidation sites excluding steroid dienone is 1. The SMILES string of the molecule is C/C=C/[C@H]1[C@H](C(C)(C)C)OC(=O)N1S(=O)(=O)c1ccc(C)cc1. The standard InChI is InChI=1S/C17H23NO4S/c1-6-7-14-15(17(3,4)5)22-16(19)18(14)23(20,21)13-10-8-12(2)9-11-13/h6-11,14-15H,1-5H3/b7-6+/t14-,15+/m0/s1. The second-order valence-corrected chi connectivity index (χ2v) is 8.62. The fraction of sp³-hybridized carbons (Fsp3) is 0.471. The van der Waals surface area contributed by atoms with Gasteiger partial charge in [-0.05, 0) is 26.0 Å². The Morgan fingerprint density at radius 2 is 1.74 bits per heavy atom. The molecule has 2 rings (SSSR count). The van der Waals surface area contributed by atoms with E-state index in [4.69, 9.17) is 4.74 Å². The van der Waals surface area contributed by atoms with Gasteiger partial charge in [-0.15, -0.1) is 0 Å². The quantitative estimate of drug-likeness (QED) is 0.792. The van der Waals surface area contributed by atoms with Crippen LogP contribution in [0.1, 0.15) is 33.3 Å². The van der Waals surface area contributed by atoms with Crippen LogP contribution in [0, 0.1) is 12.3 Å². The highest BCUT2D eigenvalue weighted by molar-refractivity contribution is 7.89. The fourth-order valence-corrected chi connectivity index (χ4v) is 4.07. The van der Waals surface area contributed by atoms with E-state index in [1.54, 1.807) is 31.2 Å². The van der Waals surface area contributed by atoms with E-state index in [1.165, 1.54) is 12.1 Å². The number of nitrogens with zero attached hydrogens (tertiary/aromatic N) is 1. The van der Waals surface area contributed by atoms with Gasteiger partial charge < -0.3 is 4.74 Å². The van der Waals surface area contributed by atoms with Gasteiger partial charge in [0.05, 0.1) is 4.90 Å². The topological polar surface area (TPSA) is 63.7 Å². The van der Waals surface area contributed by atoms with Crippen LogP contribution in [0.4, 0.5) is 4.79 Å². The smallest absolute Gasteiger partial charge is 0.424 e. The molecule has 1 heterocycles. The maximum Gasteiger partial charge on any atom is 0.424 e. The molecule has 1 fully saturated rings. The molecule has 0 bridgehead atoms. The summed E-state index contributed by atoms with van der Waals surface area (Å²) in [6.07, 6.45) is 2.08. The Morgan fingerprint density at radius 3 is 2.22 bits per heavy atom. The third-order valence-electron chi connectivity index (χ3n) is 3.81. The molecule has 1 amide bonds. The minimum Gasteiger partial charge on any atom is -0.442 e. The van der Waals surface area contributed by atoms with Crippen molar-refractivity contribution in [2.45, 2.75) is 51.7 Å². The highest BCUT2D eigenvalue weighted by Gasteiger charge is 2.51. The molecule has 126 valence electrons. The lowest BCUT2D eigenvalue weighted by Gasteiger charge is -2.29. The number of amides is 1. The third kappa shape index (κ3) is 3.27. The van der Waals surface area contributed by atoms with Gasteiger partial charge in [0, 0.05) is 5.41 Å². The summed E-state index contributed by atoms with van der Waals surface area (Å²) in [4.78, 5) is 12.4. The van der Waals surface area contributed by atoms with E-state index in [0.29, 0.717) is 0 Å². The lowest BCUT2D eigenvalue weighted by Crippen LogP contribution is -2.43. The molecule has 0 saturated carbocycles. The van der Waals surface area contributed by atoms with Crippen LogP contribution in [0.3, 0.4) is 0 Å². The molecular weight excluding hydrogens is 314 g/mol. The van der Waals surface area contributed by atoms with E-state index in [1.807, 2.05) is 27.7 Å². The molecule has 0 unspecified atom stereocenters. The fourth-order valence-electron chi connectivity index (χ4n) is 2.62. The summed E-state index contributed by atoms with van der Waals surface area (Å²) in [6.45, 7) is 9.42. The first-order valence-electron chi connectivity index (χ1n) is 7.53. The zero-order valence-electron chi connectivity index (χ0n) is 14.1. The van der Waals surface area contributed by atoms with Crippen LogP contribution in [0.25, 0.3) is 0 Å². The average Bonchev–Trinajstić information content (AvgIpc) is 2.77. The van der Waals surface area contributed by atoms with Gasteiger partial charge in [0.15, 0.2) is 0 Å². The molecule has 1 aromatic rings. The molecule has 0 N–H and O–H groups in total. The van der Waals surface area contributed by atoms with E-state index in [2.05, 4.69) is 0 Å². The average molecular weight is 337 g/mol. The van der Waals surface area contributed by atoms with Crippen LogP contribution >= 0.6 is 0 Å². The van der Waals surface area contributed by atoms with Crippen molar-refractivity contribution in [1.29, 1.82) is 0 Å². The molecule has 0 radical (unpaired) electrons. The number of hydrogen-bond acceptors (Lipinski definition) is 4. The highest BCUT2D eigenvalue weighted by Crippen LogP contribution is 2.37. The van der Waals surface area contributed by atoms with Crippen molar-refractivity contribution in [3.8, 4) is 0 Å². The Hall–Kier alpha value is -1.82. The van der Waals surface area contributed by atoms with Crippen LogP contribution < -0.4 is 0 Å². The Bertz CT molecular complexity index is 714. The van der Waals surface area contributed by atoms with E-state index >= 15 is 0 Å². The summed E-state index contributed by atoms with van der Waals surface area (Å²) in [5, 5.41) is 0. The molecule has 0 spiro atoms. The van der Waals surface area contributed by atoms with E-state index in [-0.39, 0.29) is 10.3 Å². The molecule has 23 heavy (non-hydrogen) atoms. The van der Waals surface area contributed by atoms with Crippen molar-refractivity contribution in [3.63, 3.8) is 0 Å². The number of cyclic esters (lactones) is 1. The van der Waals surface area contributed by atoms with Crippen molar-refractivity contribution < 1.29 is 17.9 Å². The number of ether oxygens (including phenoxy) is 1. The zero-order chi connectivity index (χ0) is 17.4. The number of hydrogen-bond donors (Lipinski definition) is 0. The van der Waals surface area contributed by atoms with Gasteiger partial charge in [0.2, 0.25) is 0 Å². The van der Waals surface area contributed by atoms with Gasteiger partial charge in [0.25, 0.3) is 10.0 Å². The lowest BCUT2D eigenvalue weighted by atomic mass is 9.85. The lowest BCUT2D eigenvalue weighted by molar-refractivity contribution is 0.0630. The van der Waals surface area contributed by atoms with Gasteiger partial charge in [-0.2, -0.15) is 4.31 Å². The normalized spacial score (nSPS) is 22.7. The number of carbonyl (C=O) groups excluding carboxylic acids is 1. The van der Waals surface area contributed by atoms with Crippen molar-refractivity contribution in [2.24, 2.45) is 5.41 Å². The van der Waals surface area contributed by atoms with E-state index in [9.17, 15) is 13.2 Å². The van der Waals surface area contributed by atoms with Gasteiger partial charge >= 0.3 is 6.09 Å². The second-order valence-electron chi connectivity index (χ2n) is 6.80. The maximum atomic E-state index is 12.9. The Morgan fingerprint density at radius 1 is 1.17 bits per heavy atom. The van der Waals surface area contributed by atoms with Crippen LogP contribution in [-0.2, 0) is 14.8 Å². The summed E-state index contributed by atoms with van der Waals surface area (Å²) in [5.74, 6) is 0. The molecule has 1 aromatic carbocycles. The van der Waals surface area contributed by atoms with Crippen LogP contribution in [0.15, 0.2) is 41.3 Å². The maximum absolute atomic E-state index is 12.9. The molecule has 5 nitrogen and oxygen atoms in total. The predicted octanol–water partition coefficient (Wildman–Crippen LogP) is 3.50. The number of carbonyl (C=O) groups is 1. The van der Waals surface area contributed by atoms with Crippen molar-refractivity contribution in [3.05, 3.63) is 42.0 Å². The highest BCUT2D eigenvalue weighted by atomic mass is 32.2. The number of aryl methyl sites for hydroxylation is 1. The van der Waals surface area contributed by atoms with Crippen molar-refractivity contribution in [2.75, 3.05) is 0 Å². The first-order chi connectivity index (χ1) is 10.6. The zero-order valence-corrected chi connectivity index (χ0v) is 14.9. The predicted molar refractivity (Wildman–Crippen MR) is 88.5 cm³/mol. The van der Waals surface area contributed by atoms with Crippen LogP contribution in [0.5, 0.6) is 0 Å². The number of benzene rings is 1. The summed E-state index contributed by atoms with van der Waals surface area (Å²) < 4.78 is 32.1. The van der Waals surface area contributed by atoms with Gasteiger partial charge in [0.1, 0.15) is 12.1 Å². The number of rotatable bonds is 3. The largest absolute Gasteiger partial charge is 0.442 e.